The topological polar surface area (TPSA) is 263 Å². The third-order valence-corrected chi connectivity index (χ3v) is 11.3. The number of hydrogen-bond donors (Lipinski definition) is 0. The molecular weight excluding hydrogens is 795 g/mol. The maximum absolute atomic E-state index is 13.5. The van der Waals surface area contributed by atoms with Crippen LogP contribution < -0.4 is 0 Å². The number of rotatable bonds is 19. The van der Waals surface area contributed by atoms with E-state index in [2.05, 4.69) is 30.1 Å². The fourth-order valence-electron chi connectivity index (χ4n) is 7.93. The molecule has 0 spiro atoms. The van der Waals surface area contributed by atoms with Gasteiger partial charge in [-0.3, -0.25) is 4.79 Å². The van der Waals surface area contributed by atoms with Crippen molar-refractivity contribution >= 4 is 11.9 Å². The van der Waals surface area contributed by atoms with E-state index in [4.69, 9.17) is 42.6 Å². The Balaban J connectivity index is 1.48. The largest absolute Gasteiger partial charge is 0.469 e. The molecule has 6 unspecified atom stereocenters. The average Bonchev–Trinajstić information content (AvgIpc) is 3.26. The van der Waals surface area contributed by atoms with E-state index in [0.717, 1.165) is 5.56 Å². The van der Waals surface area contributed by atoms with E-state index >= 15 is 0 Å². The molecule has 330 valence electrons. The highest BCUT2D eigenvalue weighted by Crippen LogP contribution is 2.39. The number of ether oxygens (including phenoxy) is 9. The summed E-state index contributed by atoms with van der Waals surface area (Å²) in [6.07, 6.45) is -7.53. The van der Waals surface area contributed by atoms with Crippen molar-refractivity contribution in [3.63, 3.8) is 0 Å². The van der Waals surface area contributed by atoms with Crippen LogP contribution in [-0.4, -0.2) is 105 Å². The number of nitrogens with zero attached hydrogens (tertiary/aromatic N) is 9. The Kier molecular flexibility index (Phi) is 18.0. The summed E-state index contributed by atoms with van der Waals surface area (Å²) in [7, 11) is 1.35. The van der Waals surface area contributed by atoms with Crippen LogP contribution in [0.3, 0.4) is 0 Å². The number of unbranched alkanes of at least 4 members (excludes halogenated alkanes) is 2. The highest BCUT2D eigenvalue weighted by Gasteiger charge is 2.53. The minimum Gasteiger partial charge on any atom is -0.469 e. The fourth-order valence-corrected chi connectivity index (χ4v) is 7.93. The summed E-state index contributed by atoms with van der Waals surface area (Å²) in [5, 5.41) is 12.1. The lowest BCUT2D eigenvalue weighted by atomic mass is 9.87. The molecule has 0 aromatic heterocycles. The van der Waals surface area contributed by atoms with Crippen LogP contribution in [-0.2, 0) is 54.0 Å². The van der Waals surface area contributed by atoms with E-state index in [1.807, 2.05) is 37.3 Å². The maximum atomic E-state index is 13.5. The molecule has 3 heterocycles. The molecule has 20 heteroatoms. The summed E-state index contributed by atoms with van der Waals surface area (Å²) < 4.78 is 56.5. The average molecular weight is 850 g/mol. The van der Waals surface area contributed by atoms with Gasteiger partial charge in [0.05, 0.1) is 55.7 Å². The molecule has 3 fully saturated rings. The van der Waals surface area contributed by atoms with Gasteiger partial charge in [-0.1, -0.05) is 84.1 Å². The van der Waals surface area contributed by atoms with Gasteiger partial charge in [0.1, 0.15) is 18.3 Å². The van der Waals surface area contributed by atoms with Gasteiger partial charge in [0.15, 0.2) is 25.0 Å². The highest BCUT2D eigenvalue weighted by atomic mass is 16.8. The third-order valence-electron chi connectivity index (χ3n) is 11.3. The van der Waals surface area contributed by atoms with Crippen molar-refractivity contribution in [1.29, 1.82) is 0 Å². The Hall–Kier alpha value is -4.97. The van der Waals surface area contributed by atoms with E-state index in [-0.39, 0.29) is 31.2 Å². The minimum absolute atomic E-state index is 0.120. The summed E-state index contributed by atoms with van der Waals surface area (Å²) in [5.41, 5.74) is 29.9. The SMILES string of the molecule is COC(=O)CCCCCO[C@H]1OC(C)[C@@H](N=[N+]=[N-])[C@H](O[C@H]2OC(C)[C@@H](N=[N+]=[N-])[C@H](C)C2O[C@H]2OC(C)[C@@H](N=[N+]=[N-])[C@H](C)C2OC(=O)c2ccccc2)C1OCc1ccccc1. The predicted octanol–water partition coefficient (Wildman–Crippen LogP) is 7.86. The Morgan fingerprint density at radius 1 is 0.623 bits per heavy atom. The molecule has 0 aliphatic carbocycles. The van der Waals surface area contributed by atoms with Crippen molar-refractivity contribution < 1.29 is 52.2 Å². The van der Waals surface area contributed by atoms with Gasteiger partial charge in [0, 0.05) is 33.7 Å². The number of azide groups is 3. The molecule has 0 radical (unpaired) electrons. The monoisotopic (exact) mass is 849 g/mol. The van der Waals surface area contributed by atoms with Crippen LogP contribution in [0.4, 0.5) is 0 Å². The Morgan fingerprint density at radius 2 is 1.15 bits per heavy atom. The van der Waals surface area contributed by atoms with Crippen LogP contribution in [0, 0.1) is 11.8 Å². The van der Waals surface area contributed by atoms with Crippen LogP contribution in [0.5, 0.6) is 0 Å². The normalized spacial score (nSPS) is 33.5. The van der Waals surface area contributed by atoms with Crippen LogP contribution in [0.25, 0.3) is 31.3 Å². The van der Waals surface area contributed by atoms with Gasteiger partial charge in [-0.2, -0.15) is 0 Å². The zero-order valence-electron chi connectivity index (χ0n) is 35.2. The van der Waals surface area contributed by atoms with Crippen molar-refractivity contribution in [1.82, 2.24) is 0 Å². The summed E-state index contributed by atoms with van der Waals surface area (Å²) in [6.45, 7) is 9.17. The third kappa shape index (κ3) is 12.3. The van der Waals surface area contributed by atoms with Crippen molar-refractivity contribution in [2.45, 2.75) is 147 Å². The summed E-state index contributed by atoms with van der Waals surface area (Å²) in [6, 6.07) is 15.4. The van der Waals surface area contributed by atoms with Gasteiger partial charge in [-0.05, 0) is 73.8 Å². The van der Waals surface area contributed by atoms with Crippen molar-refractivity contribution in [3.8, 4) is 0 Å². The summed E-state index contributed by atoms with van der Waals surface area (Å²) in [4.78, 5) is 34.3. The molecule has 2 aromatic carbocycles. The zero-order valence-corrected chi connectivity index (χ0v) is 35.2. The first kappa shape index (κ1) is 47.1. The molecule has 5 rings (SSSR count). The smallest absolute Gasteiger partial charge is 0.338 e. The highest BCUT2D eigenvalue weighted by molar-refractivity contribution is 5.89. The van der Waals surface area contributed by atoms with E-state index in [0.29, 0.717) is 19.3 Å². The molecule has 0 amide bonds. The number of methoxy groups -OCH3 is 1. The molecular formula is C41H55N9O11. The zero-order chi connectivity index (χ0) is 43.9. The van der Waals surface area contributed by atoms with E-state index in [1.165, 1.54) is 7.11 Å². The molecule has 3 aliphatic rings. The van der Waals surface area contributed by atoms with Crippen LogP contribution >= 0.6 is 0 Å². The summed E-state index contributed by atoms with van der Waals surface area (Å²) >= 11 is 0. The Labute approximate surface area is 354 Å². The molecule has 0 bridgehead atoms. The molecule has 20 nitrogen and oxygen atoms in total. The lowest BCUT2D eigenvalue weighted by Gasteiger charge is -2.50. The van der Waals surface area contributed by atoms with Gasteiger partial charge >= 0.3 is 11.9 Å². The lowest BCUT2D eigenvalue weighted by Crippen LogP contribution is -2.63. The Bertz CT molecular complexity index is 1870. The number of benzene rings is 2. The molecule has 61 heavy (non-hydrogen) atoms. The Morgan fingerprint density at radius 3 is 1.75 bits per heavy atom. The van der Waals surface area contributed by atoms with Crippen LogP contribution in [0.15, 0.2) is 76.0 Å². The van der Waals surface area contributed by atoms with Crippen molar-refractivity contribution in [2.75, 3.05) is 13.7 Å². The number of carbonyl (C=O) groups is 2. The number of hydrogen-bond acceptors (Lipinski definition) is 14. The first-order chi connectivity index (χ1) is 29.5. The number of esters is 2. The van der Waals surface area contributed by atoms with Crippen LogP contribution in [0.2, 0.25) is 0 Å². The van der Waals surface area contributed by atoms with Gasteiger partial charge in [0.2, 0.25) is 0 Å². The standard InChI is InChI=1S/C41H55N9O11/c1-23-31(45-48-42)25(3)57-40(34(23)59-38(52)29-18-12-8-13-19-29)60-35-24(2)32(46-49-43)26(4)58-41(35)61-36-33(47-50-44)27(5)56-39(54-21-15-9-14-20-30(51)53-6)37(36)55-22-28-16-10-7-11-17-28/h7-8,10-13,16-19,23-27,31-37,39-41H,9,14-15,20-22H2,1-6H3/t23-,24-,25?,26?,27?,31-,32-,33+,34?,35?,36-,37?,39-,40+,41+/m0/s1. The van der Waals surface area contributed by atoms with E-state index < -0.39 is 97.5 Å². The van der Waals surface area contributed by atoms with Gasteiger partial charge in [-0.25, -0.2) is 4.79 Å². The molecule has 3 saturated heterocycles. The lowest BCUT2D eigenvalue weighted by molar-refractivity contribution is -0.360. The van der Waals surface area contributed by atoms with Crippen LogP contribution in [0.1, 0.15) is 76.2 Å². The molecule has 0 saturated carbocycles. The van der Waals surface area contributed by atoms with E-state index in [1.54, 1.807) is 58.0 Å². The first-order valence-corrected chi connectivity index (χ1v) is 20.5. The van der Waals surface area contributed by atoms with Gasteiger partial charge in [-0.15, -0.1) is 0 Å². The first-order valence-electron chi connectivity index (χ1n) is 20.5. The number of carbonyl (C=O) groups excluding carboxylic acids is 2. The second kappa shape index (κ2) is 23.3. The van der Waals surface area contributed by atoms with Gasteiger partial charge < -0.3 is 42.6 Å². The second-order valence-corrected chi connectivity index (χ2v) is 15.4. The molecule has 15 atom stereocenters. The maximum Gasteiger partial charge on any atom is 0.338 e. The van der Waals surface area contributed by atoms with Gasteiger partial charge in [0.25, 0.3) is 0 Å². The molecule has 0 N–H and O–H groups in total. The summed E-state index contributed by atoms with van der Waals surface area (Å²) in [5.74, 6) is -2.10. The molecule has 2 aromatic rings. The fraction of sp³-hybridized carbons (Fsp3) is 0.659. The second-order valence-electron chi connectivity index (χ2n) is 15.4. The predicted molar refractivity (Wildman–Crippen MR) is 217 cm³/mol. The quantitative estimate of drug-likeness (QED) is 0.0431. The van der Waals surface area contributed by atoms with Crippen molar-refractivity contribution in [3.05, 3.63) is 103 Å². The minimum atomic E-state index is -1.24. The van der Waals surface area contributed by atoms with E-state index in [9.17, 15) is 26.2 Å². The van der Waals surface area contributed by atoms with Crippen molar-refractivity contribution in [2.24, 2.45) is 27.2 Å². The molecule has 3 aliphatic heterocycles.